The van der Waals surface area contributed by atoms with Crippen LogP contribution in [0.1, 0.15) is 48.9 Å². The molecule has 126 valence electrons. The zero-order valence-corrected chi connectivity index (χ0v) is 14.1. The molecule has 0 spiro atoms. The molecule has 4 nitrogen and oxygen atoms in total. The molecule has 0 radical (unpaired) electrons. The molecule has 0 amide bonds. The van der Waals surface area contributed by atoms with Crippen molar-refractivity contribution in [1.29, 1.82) is 0 Å². The molecule has 3 rings (SSSR count). The Morgan fingerprint density at radius 1 is 1.13 bits per heavy atom. The van der Waals surface area contributed by atoms with Crippen molar-refractivity contribution in [2.45, 2.75) is 44.6 Å². The summed E-state index contributed by atoms with van der Waals surface area (Å²) in [5.41, 5.74) is 0.597. The van der Waals surface area contributed by atoms with E-state index in [4.69, 9.17) is 9.47 Å². The van der Waals surface area contributed by atoms with Crippen molar-refractivity contribution in [3.8, 4) is 5.75 Å². The van der Waals surface area contributed by atoms with Crippen LogP contribution in [0.5, 0.6) is 5.75 Å². The molecule has 2 saturated heterocycles. The number of nitrogens with one attached hydrogen (secondary N) is 1. The van der Waals surface area contributed by atoms with Crippen LogP contribution in [0, 0.1) is 5.92 Å². The van der Waals surface area contributed by atoms with Crippen molar-refractivity contribution in [2.24, 2.45) is 5.92 Å². The molecule has 0 bridgehead atoms. The SMILES string of the molecule is COc1ccc(C(=O)OCC[C@@H]2CCC[NH+]3CCCC[C@H]23)cc1. The minimum Gasteiger partial charge on any atom is -0.497 e. The molecule has 2 aliphatic heterocycles. The van der Waals surface area contributed by atoms with Crippen LogP contribution < -0.4 is 9.64 Å². The molecule has 0 aliphatic carbocycles. The first-order valence-corrected chi connectivity index (χ1v) is 8.93. The van der Waals surface area contributed by atoms with Gasteiger partial charge in [-0.05, 0) is 62.8 Å². The van der Waals surface area contributed by atoms with Crippen molar-refractivity contribution in [3.05, 3.63) is 29.8 Å². The van der Waals surface area contributed by atoms with E-state index in [0.717, 1.165) is 24.1 Å². The summed E-state index contributed by atoms with van der Waals surface area (Å²) in [6.07, 6.45) is 7.74. The van der Waals surface area contributed by atoms with E-state index in [2.05, 4.69) is 0 Å². The molecule has 3 atom stereocenters. The van der Waals surface area contributed by atoms with E-state index in [0.29, 0.717) is 12.2 Å². The van der Waals surface area contributed by atoms with Gasteiger partial charge in [-0.3, -0.25) is 0 Å². The van der Waals surface area contributed by atoms with Crippen molar-refractivity contribution in [2.75, 3.05) is 26.8 Å². The van der Waals surface area contributed by atoms with Crippen LogP contribution >= 0.6 is 0 Å². The molecular formula is C19H28NO3+. The monoisotopic (exact) mass is 318 g/mol. The Kier molecular flexibility index (Phi) is 5.55. The zero-order valence-electron chi connectivity index (χ0n) is 14.1. The Balaban J connectivity index is 1.47. The van der Waals surface area contributed by atoms with Crippen LogP contribution in [-0.4, -0.2) is 38.8 Å². The number of carbonyl (C=O) groups excluding carboxylic acids is 1. The summed E-state index contributed by atoms with van der Waals surface area (Å²) >= 11 is 0. The maximum Gasteiger partial charge on any atom is 0.338 e. The third-order valence-corrected chi connectivity index (χ3v) is 5.48. The van der Waals surface area contributed by atoms with Crippen LogP contribution in [-0.2, 0) is 4.74 Å². The van der Waals surface area contributed by atoms with Gasteiger partial charge in [-0.1, -0.05) is 0 Å². The third-order valence-electron chi connectivity index (χ3n) is 5.48. The van der Waals surface area contributed by atoms with Crippen molar-refractivity contribution >= 4 is 5.97 Å². The summed E-state index contributed by atoms with van der Waals surface area (Å²) in [6.45, 7) is 3.22. The third kappa shape index (κ3) is 4.05. The van der Waals surface area contributed by atoms with Gasteiger partial charge < -0.3 is 14.4 Å². The van der Waals surface area contributed by atoms with Gasteiger partial charge in [0.1, 0.15) is 5.75 Å². The lowest BCUT2D eigenvalue weighted by Gasteiger charge is -2.41. The van der Waals surface area contributed by atoms with Gasteiger partial charge in [-0.15, -0.1) is 0 Å². The number of methoxy groups -OCH3 is 1. The Hall–Kier alpha value is -1.55. The summed E-state index contributed by atoms with van der Waals surface area (Å²) in [6, 6.07) is 7.91. The highest BCUT2D eigenvalue weighted by Crippen LogP contribution is 2.23. The van der Waals surface area contributed by atoms with Gasteiger partial charge in [0.25, 0.3) is 0 Å². The predicted molar refractivity (Wildman–Crippen MR) is 89.0 cm³/mol. The predicted octanol–water partition coefficient (Wildman–Crippen LogP) is 2.09. The first kappa shape index (κ1) is 16.3. The van der Waals surface area contributed by atoms with Gasteiger partial charge in [0, 0.05) is 5.92 Å². The average Bonchev–Trinajstić information content (AvgIpc) is 2.62. The minimum atomic E-state index is -0.226. The normalized spacial score (nSPS) is 27.1. The fourth-order valence-electron chi connectivity index (χ4n) is 4.24. The van der Waals surface area contributed by atoms with Gasteiger partial charge >= 0.3 is 5.97 Å². The van der Waals surface area contributed by atoms with Crippen LogP contribution in [0.4, 0.5) is 0 Å². The lowest BCUT2D eigenvalue weighted by Crippen LogP contribution is -3.18. The Bertz CT molecular complexity index is 512. The number of esters is 1. The number of benzene rings is 1. The number of quaternary nitrogens is 1. The first-order chi connectivity index (χ1) is 11.3. The number of ether oxygens (including phenoxy) is 2. The Morgan fingerprint density at radius 2 is 1.91 bits per heavy atom. The fourth-order valence-corrected chi connectivity index (χ4v) is 4.24. The molecule has 1 aromatic rings. The van der Waals surface area contributed by atoms with Crippen LogP contribution in [0.3, 0.4) is 0 Å². The van der Waals surface area contributed by atoms with E-state index in [9.17, 15) is 4.79 Å². The van der Waals surface area contributed by atoms with Crippen molar-refractivity contribution < 1.29 is 19.2 Å². The number of rotatable bonds is 5. The molecule has 1 unspecified atom stereocenters. The molecular weight excluding hydrogens is 290 g/mol. The second-order valence-corrected chi connectivity index (χ2v) is 6.82. The van der Waals surface area contributed by atoms with Gasteiger partial charge in [0.2, 0.25) is 0 Å². The number of carbonyl (C=O) groups is 1. The highest BCUT2D eigenvalue weighted by molar-refractivity contribution is 5.89. The molecule has 1 N–H and O–H groups in total. The van der Waals surface area contributed by atoms with E-state index in [-0.39, 0.29) is 5.97 Å². The topological polar surface area (TPSA) is 40.0 Å². The van der Waals surface area contributed by atoms with E-state index >= 15 is 0 Å². The average molecular weight is 318 g/mol. The van der Waals surface area contributed by atoms with E-state index < -0.39 is 0 Å². The van der Waals surface area contributed by atoms with Gasteiger partial charge in [-0.25, -0.2) is 4.79 Å². The molecule has 4 heteroatoms. The Morgan fingerprint density at radius 3 is 2.70 bits per heavy atom. The standard InChI is InChI=1S/C19H27NO3/c1-22-17-9-7-16(8-10-17)19(21)23-14-11-15-5-4-13-20-12-3-2-6-18(15)20/h7-10,15,18H,2-6,11-14H2,1H3/p+1/t15-,18+/m0/s1. The number of hydrogen-bond acceptors (Lipinski definition) is 3. The Labute approximate surface area is 138 Å². The highest BCUT2D eigenvalue weighted by Gasteiger charge is 2.36. The van der Waals surface area contributed by atoms with Gasteiger partial charge in [0.05, 0.1) is 38.4 Å². The first-order valence-electron chi connectivity index (χ1n) is 8.93. The maximum atomic E-state index is 12.1. The molecule has 0 aromatic heterocycles. The maximum absolute atomic E-state index is 12.1. The second kappa shape index (κ2) is 7.82. The van der Waals surface area contributed by atoms with E-state index in [1.54, 1.807) is 36.3 Å². The largest absolute Gasteiger partial charge is 0.497 e. The summed E-state index contributed by atoms with van der Waals surface area (Å²) in [5.74, 6) is 1.25. The van der Waals surface area contributed by atoms with Crippen LogP contribution in [0.15, 0.2) is 24.3 Å². The molecule has 2 aliphatic rings. The number of piperidine rings is 2. The molecule has 23 heavy (non-hydrogen) atoms. The minimum absolute atomic E-state index is 0.226. The smallest absolute Gasteiger partial charge is 0.338 e. The number of fused-ring (bicyclic) bond motifs is 1. The van der Waals surface area contributed by atoms with Crippen LogP contribution in [0.2, 0.25) is 0 Å². The van der Waals surface area contributed by atoms with E-state index in [1.807, 2.05) is 0 Å². The molecule has 2 heterocycles. The molecule has 1 aromatic carbocycles. The number of hydrogen-bond donors (Lipinski definition) is 1. The highest BCUT2D eigenvalue weighted by atomic mass is 16.5. The fraction of sp³-hybridized carbons (Fsp3) is 0.632. The van der Waals surface area contributed by atoms with Crippen LogP contribution in [0.25, 0.3) is 0 Å². The van der Waals surface area contributed by atoms with Crippen molar-refractivity contribution in [3.63, 3.8) is 0 Å². The van der Waals surface area contributed by atoms with Gasteiger partial charge in [-0.2, -0.15) is 0 Å². The van der Waals surface area contributed by atoms with Crippen molar-refractivity contribution in [1.82, 2.24) is 0 Å². The van der Waals surface area contributed by atoms with Gasteiger partial charge in [0.15, 0.2) is 0 Å². The zero-order chi connectivity index (χ0) is 16.1. The summed E-state index contributed by atoms with van der Waals surface area (Å²) in [7, 11) is 1.62. The quantitative estimate of drug-likeness (QED) is 0.845. The summed E-state index contributed by atoms with van der Waals surface area (Å²) in [5, 5.41) is 0. The lowest BCUT2D eigenvalue weighted by atomic mass is 9.82. The van der Waals surface area contributed by atoms with E-state index in [1.165, 1.54) is 45.2 Å². The molecule has 0 saturated carbocycles. The lowest BCUT2D eigenvalue weighted by molar-refractivity contribution is -0.940. The summed E-state index contributed by atoms with van der Waals surface area (Å²) < 4.78 is 10.6. The summed E-state index contributed by atoms with van der Waals surface area (Å²) in [4.78, 5) is 13.9. The second-order valence-electron chi connectivity index (χ2n) is 6.82. The molecule has 2 fully saturated rings.